The molecule has 3 heterocycles. The minimum atomic E-state index is -0.822. The van der Waals surface area contributed by atoms with Gasteiger partial charge in [-0.1, -0.05) is 6.07 Å². The smallest absolute Gasteiger partial charge is 0.272 e. The van der Waals surface area contributed by atoms with Crippen molar-refractivity contribution in [2.45, 2.75) is 32.3 Å². The molecule has 1 saturated heterocycles. The van der Waals surface area contributed by atoms with E-state index in [1.807, 2.05) is 0 Å². The lowest BCUT2D eigenvalue weighted by molar-refractivity contribution is -0.0185. The number of nitrogens with one attached hydrogen (secondary N) is 1. The molecule has 2 aliphatic rings. The quantitative estimate of drug-likeness (QED) is 0.609. The number of halogens is 2. The highest BCUT2D eigenvalue weighted by Crippen LogP contribution is 2.26. The van der Waals surface area contributed by atoms with E-state index >= 15 is 0 Å². The molecule has 0 bridgehead atoms. The third-order valence-electron chi connectivity index (χ3n) is 6.27. The monoisotopic (exact) mass is 476 g/mol. The van der Waals surface area contributed by atoms with Gasteiger partial charge in [-0.3, -0.25) is 19.3 Å². The maximum atomic E-state index is 13.9. The fourth-order valence-electron chi connectivity index (χ4n) is 4.53. The van der Waals surface area contributed by atoms with E-state index < -0.39 is 29.6 Å². The van der Waals surface area contributed by atoms with Crippen LogP contribution in [0.4, 0.5) is 8.78 Å². The number of benzene rings is 1. The molecule has 11 heteroatoms. The number of rotatable bonds is 7. The number of pyridine rings is 1. The molecule has 2 aliphatic heterocycles. The number of hydrogen-bond donors (Lipinski definition) is 2. The second kappa shape index (κ2) is 10.00. The molecular weight excluding hydrogens is 450 g/mol. The van der Waals surface area contributed by atoms with Gasteiger partial charge in [0.1, 0.15) is 29.1 Å². The van der Waals surface area contributed by atoms with Gasteiger partial charge in [-0.25, -0.2) is 8.78 Å². The Morgan fingerprint density at radius 1 is 1.26 bits per heavy atom. The van der Waals surface area contributed by atoms with E-state index in [1.165, 1.54) is 16.8 Å². The summed E-state index contributed by atoms with van der Waals surface area (Å²) in [6.07, 6.45) is 1.80. The highest BCUT2D eigenvalue weighted by atomic mass is 19.1. The maximum Gasteiger partial charge on any atom is 0.272 e. The Balaban J connectivity index is 1.64. The lowest BCUT2D eigenvalue weighted by Crippen LogP contribution is -2.61. The van der Waals surface area contributed by atoms with Gasteiger partial charge in [-0.2, -0.15) is 0 Å². The van der Waals surface area contributed by atoms with Crippen molar-refractivity contribution in [2.24, 2.45) is 0 Å². The summed E-state index contributed by atoms with van der Waals surface area (Å²) < 4.78 is 33.7. The van der Waals surface area contributed by atoms with Crippen molar-refractivity contribution < 1.29 is 28.2 Å². The van der Waals surface area contributed by atoms with Gasteiger partial charge in [0.2, 0.25) is 5.43 Å². The summed E-state index contributed by atoms with van der Waals surface area (Å²) in [7, 11) is 1.60. The molecule has 1 aromatic carbocycles. The number of nitrogens with zero attached hydrogens (tertiary/aromatic N) is 3. The van der Waals surface area contributed by atoms with Crippen LogP contribution in [0, 0.1) is 11.6 Å². The molecule has 0 spiro atoms. The summed E-state index contributed by atoms with van der Waals surface area (Å²) in [4.78, 5) is 42.9. The van der Waals surface area contributed by atoms with Crippen LogP contribution in [-0.4, -0.2) is 70.8 Å². The Kier molecular flexibility index (Phi) is 7.05. The minimum absolute atomic E-state index is 0.0528. The van der Waals surface area contributed by atoms with E-state index in [0.29, 0.717) is 32.3 Å². The summed E-state index contributed by atoms with van der Waals surface area (Å²) in [5.74, 6) is -2.72. The van der Waals surface area contributed by atoms with Gasteiger partial charge < -0.3 is 24.6 Å². The topological polar surface area (TPSA) is 104 Å². The van der Waals surface area contributed by atoms with Crippen molar-refractivity contribution in [1.29, 1.82) is 0 Å². The number of carbonyl (C=O) groups excluding carboxylic acids is 2. The fraction of sp³-hybridized carbons (Fsp3) is 0.435. The van der Waals surface area contributed by atoms with E-state index in [9.17, 15) is 28.3 Å². The lowest BCUT2D eigenvalue weighted by atomic mass is 10.0. The van der Waals surface area contributed by atoms with Crippen LogP contribution in [0.3, 0.4) is 0 Å². The van der Waals surface area contributed by atoms with Gasteiger partial charge in [0.15, 0.2) is 0 Å². The van der Waals surface area contributed by atoms with Gasteiger partial charge in [-0.05, 0) is 12.5 Å². The molecule has 0 radical (unpaired) electrons. The number of methoxy groups -OCH3 is 1. The van der Waals surface area contributed by atoms with Crippen molar-refractivity contribution >= 4 is 11.8 Å². The molecule has 182 valence electrons. The zero-order chi connectivity index (χ0) is 24.4. The van der Waals surface area contributed by atoms with Gasteiger partial charge in [-0.15, -0.1) is 0 Å². The van der Waals surface area contributed by atoms with Crippen LogP contribution in [0.1, 0.15) is 38.4 Å². The second-order valence-electron chi connectivity index (χ2n) is 8.29. The molecule has 0 saturated carbocycles. The molecule has 2 aromatic rings. The third-order valence-corrected chi connectivity index (χ3v) is 6.27. The number of hydrogen-bond acceptors (Lipinski definition) is 6. The number of amides is 2. The Bertz CT molecular complexity index is 1170. The first-order valence-corrected chi connectivity index (χ1v) is 11.0. The molecule has 9 nitrogen and oxygen atoms in total. The normalized spacial score (nSPS) is 17.9. The molecule has 34 heavy (non-hydrogen) atoms. The van der Waals surface area contributed by atoms with Gasteiger partial charge in [0.05, 0.1) is 25.3 Å². The summed E-state index contributed by atoms with van der Waals surface area (Å²) in [6.45, 7) is 1.74. The first-order valence-electron chi connectivity index (χ1n) is 11.0. The molecule has 2 N–H and O–H groups in total. The predicted octanol–water partition coefficient (Wildman–Crippen LogP) is 0.683. The van der Waals surface area contributed by atoms with E-state index in [0.717, 1.165) is 19.0 Å². The Hall–Kier alpha value is -3.15. The van der Waals surface area contributed by atoms with Crippen LogP contribution in [0.2, 0.25) is 0 Å². The maximum absolute atomic E-state index is 13.9. The number of aliphatic hydroxyl groups excluding tert-OH is 1. The standard InChI is InChI=1S/C23H26F2N4O5/c1-34-8-7-27-5-2-6-29-19(27)12-28-11-16(21(31)17(13-30)20(28)23(29)33)22(32)26-10-14-3-4-15(24)9-18(14)25/h3-4,9,11,19,30H,2,5-8,10,12-13H2,1H3,(H,26,32)/t19-/m0/s1. The van der Waals surface area contributed by atoms with E-state index in [2.05, 4.69) is 10.2 Å². The number of aliphatic hydroxyl groups is 1. The highest BCUT2D eigenvalue weighted by molar-refractivity contribution is 5.98. The summed E-state index contributed by atoms with van der Waals surface area (Å²) in [5, 5.41) is 12.4. The molecule has 0 aliphatic carbocycles. The summed E-state index contributed by atoms with van der Waals surface area (Å²) in [6, 6.07) is 2.98. The van der Waals surface area contributed by atoms with Crippen molar-refractivity contribution in [3.05, 3.63) is 68.6 Å². The average molecular weight is 476 g/mol. The Morgan fingerprint density at radius 2 is 2.06 bits per heavy atom. The SMILES string of the molecule is COCCN1CCCN2C(=O)c3c(CO)c(=O)c(C(=O)NCc4ccc(F)cc4F)cn3C[C@@H]12. The molecule has 4 rings (SSSR count). The number of ether oxygens (including phenoxy) is 1. The van der Waals surface area contributed by atoms with Crippen molar-refractivity contribution in [3.63, 3.8) is 0 Å². The third kappa shape index (κ3) is 4.46. The van der Waals surface area contributed by atoms with Gasteiger partial charge >= 0.3 is 0 Å². The summed E-state index contributed by atoms with van der Waals surface area (Å²) >= 11 is 0. The lowest BCUT2D eigenvalue weighted by Gasteiger charge is -2.47. The van der Waals surface area contributed by atoms with E-state index in [-0.39, 0.29) is 41.0 Å². The van der Waals surface area contributed by atoms with Crippen LogP contribution < -0.4 is 10.7 Å². The molecule has 1 fully saturated rings. The number of aromatic nitrogens is 1. The van der Waals surface area contributed by atoms with Crippen LogP contribution in [-0.2, 0) is 24.4 Å². The number of carbonyl (C=O) groups is 2. The van der Waals surface area contributed by atoms with Crippen LogP contribution in [0.15, 0.2) is 29.2 Å². The van der Waals surface area contributed by atoms with Crippen molar-refractivity contribution in [2.75, 3.05) is 33.4 Å². The first kappa shape index (κ1) is 24.0. The van der Waals surface area contributed by atoms with Crippen LogP contribution in [0.5, 0.6) is 0 Å². The van der Waals surface area contributed by atoms with Gasteiger partial charge in [0.25, 0.3) is 11.8 Å². The minimum Gasteiger partial charge on any atom is -0.391 e. The predicted molar refractivity (Wildman–Crippen MR) is 117 cm³/mol. The zero-order valence-electron chi connectivity index (χ0n) is 18.7. The molecule has 2 amide bonds. The van der Waals surface area contributed by atoms with Crippen molar-refractivity contribution in [1.82, 2.24) is 19.7 Å². The fourth-order valence-corrected chi connectivity index (χ4v) is 4.53. The largest absolute Gasteiger partial charge is 0.391 e. The van der Waals surface area contributed by atoms with Crippen LogP contribution >= 0.6 is 0 Å². The molecule has 1 atom stereocenters. The van der Waals surface area contributed by atoms with E-state index in [4.69, 9.17) is 4.74 Å². The molecule has 1 aromatic heterocycles. The van der Waals surface area contributed by atoms with Crippen LogP contribution in [0.25, 0.3) is 0 Å². The summed E-state index contributed by atoms with van der Waals surface area (Å²) in [5.41, 5.74) is -1.06. The van der Waals surface area contributed by atoms with Gasteiger partial charge in [0, 0.05) is 51.1 Å². The Labute approximate surface area is 194 Å². The second-order valence-corrected chi connectivity index (χ2v) is 8.29. The number of fused-ring (bicyclic) bond motifs is 2. The molecule has 0 unspecified atom stereocenters. The van der Waals surface area contributed by atoms with Crippen molar-refractivity contribution in [3.8, 4) is 0 Å². The highest BCUT2D eigenvalue weighted by Gasteiger charge is 2.40. The first-order chi connectivity index (χ1) is 16.3. The van der Waals surface area contributed by atoms with E-state index in [1.54, 1.807) is 12.0 Å². The Morgan fingerprint density at radius 3 is 2.76 bits per heavy atom. The average Bonchev–Trinajstić information content (AvgIpc) is 2.82. The zero-order valence-corrected chi connectivity index (χ0v) is 18.7. The molecular formula is C23H26F2N4O5.